The Hall–Kier alpha value is -0.600. The molecule has 0 amide bonds. The topological polar surface area (TPSA) is 16.1 Å². The summed E-state index contributed by atoms with van der Waals surface area (Å²) in [6.07, 6.45) is 9.41. The summed E-state index contributed by atoms with van der Waals surface area (Å²) in [5, 5.41) is 0. The Morgan fingerprint density at radius 2 is 2.06 bits per heavy atom. The van der Waals surface area contributed by atoms with E-state index in [1.165, 1.54) is 37.8 Å². The fourth-order valence-electron chi connectivity index (χ4n) is 2.93. The lowest BCUT2D eigenvalue weighted by atomic mass is 9.76. The first-order chi connectivity index (χ1) is 7.77. The van der Waals surface area contributed by atoms with Crippen LogP contribution in [-0.2, 0) is 0 Å². The summed E-state index contributed by atoms with van der Waals surface area (Å²) in [6.45, 7) is 1.21. The van der Waals surface area contributed by atoms with E-state index in [2.05, 4.69) is 42.3 Å². The van der Waals surface area contributed by atoms with Crippen LogP contribution in [0.2, 0.25) is 0 Å². The quantitative estimate of drug-likeness (QED) is 0.823. The Balaban J connectivity index is 0.00000144. The van der Waals surface area contributed by atoms with Gasteiger partial charge >= 0.3 is 0 Å². The maximum atomic E-state index is 4.26. The fraction of sp³-hybridized carbons (Fsp3) is 0.643. The van der Waals surface area contributed by atoms with Crippen LogP contribution in [0.15, 0.2) is 24.5 Å². The molecule has 2 rings (SSSR count). The molecule has 0 aromatic carbocycles. The minimum absolute atomic E-state index is 0. The van der Waals surface area contributed by atoms with Gasteiger partial charge in [0.25, 0.3) is 0 Å². The SMILES string of the molecule is CN(C)C[C@@H]1CCCC[C@H]1c1cccnc1.Cl. The van der Waals surface area contributed by atoms with Crippen LogP contribution in [0.5, 0.6) is 0 Å². The highest BCUT2D eigenvalue weighted by Gasteiger charge is 2.26. The largest absolute Gasteiger partial charge is 0.309 e. The van der Waals surface area contributed by atoms with Crippen LogP contribution in [0.3, 0.4) is 0 Å². The van der Waals surface area contributed by atoms with Gasteiger partial charge in [-0.2, -0.15) is 0 Å². The summed E-state index contributed by atoms with van der Waals surface area (Å²) < 4.78 is 0. The molecule has 0 spiro atoms. The zero-order valence-corrected chi connectivity index (χ0v) is 11.6. The number of halogens is 1. The molecule has 0 N–H and O–H groups in total. The average molecular weight is 255 g/mol. The molecule has 2 nitrogen and oxygen atoms in total. The number of pyridine rings is 1. The van der Waals surface area contributed by atoms with Crippen molar-refractivity contribution in [2.45, 2.75) is 31.6 Å². The third-order valence-corrected chi connectivity index (χ3v) is 3.62. The van der Waals surface area contributed by atoms with Gasteiger partial charge in [0.2, 0.25) is 0 Å². The first-order valence-corrected chi connectivity index (χ1v) is 6.32. The predicted molar refractivity (Wildman–Crippen MR) is 74.7 cm³/mol. The molecule has 1 aliphatic rings. The first kappa shape index (κ1) is 14.5. The second-order valence-corrected chi connectivity index (χ2v) is 5.20. The van der Waals surface area contributed by atoms with Crippen LogP contribution in [0.4, 0.5) is 0 Å². The van der Waals surface area contributed by atoms with Gasteiger partial charge in [-0.05, 0) is 50.4 Å². The minimum atomic E-state index is 0. The van der Waals surface area contributed by atoms with Crippen molar-refractivity contribution in [1.29, 1.82) is 0 Å². The number of rotatable bonds is 3. The molecule has 0 saturated heterocycles. The van der Waals surface area contributed by atoms with E-state index in [1.54, 1.807) is 0 Å². The van der Waals surface area contributed by atoms with Gasteiger partial charge in [-0.1, -0.05) is 18.9 Å². The Kier molecular flexibility index (Phi) is 5.93. The second-order valence-electron chi connectivity index (χ2n) is 5.20. The van der Waals surface area contributed by atoms with Crippen molar-refractivity contribution in [2.24, 2.45) is 5.92 Å². The van der Waals surface area contributed by atoms with Crippen LogP contribution in [0, 0.1) is 5.92 Å². The van der Waals surface area contributed by atoms with Crippen molar-refractivity contribution in [3.8, 4) is 0 Å². The van der Waals surface area contributed by atoms with Crippen molar-refractivity contribution >= 4 is 12.4 Å². The van der Waals surface area contributed by atoms with E-state index < -0.39 is 0 Å². The molecular weight excluding hydrogens is 232 g/mol. The second kappa shape index (κ2) is 6.97. The lowest BCUT2D eigenvalue weighted by molar-refractivity contribution is 0.233. The standard InChI is InChI=1S/C14H22N2.ClH/c1-16(2)11-13-6-3-4-8-14(13)12-7-5-9-15-10-12;/h5,7,9-10,13-14H,3-4,6,8,11H2,1-2H3;1H/t13-,14-;/m0./s1. The smallest absolute Gasteiger partial charge is 0.0302 e. The molecule has 0 unspecified atom stereocenters. The lowest BCUT2D eigenvalue weighted by Crippen LogP contribution is -2.28. The molecule has 0 radical (unpaired) electrons. The van der Waals surface area contributed by atoms with E-state index in [-0.39, 0.29) is 12.4 Å². The van der Waals surface area contributed by atoms with E-state index >= 15 is 0 Å². The molecule has 0 aliphatic heterocycles. The minimum Gasteiger partial charge on any atom is -0.309 e. The summed E-state index contributed by atoms with van der Waals surface area (Å²) in [5.41, 5.74) is 1.44. The normalized spacial score (nSPS) is 24.4. The predicted octanol–water partition coefficient (Wildman–Crippen LogP) is 3.34. The van der Waals surface area contributed by atoms with Crippen molar-refractivity contribution in [1.82, 2.24) is 9.88 Å². The van der Waals surface area contributed by atoms with Crippen molar-refractivity contribution in [3.05, 3.63) is 30.1 Å². The molecule has 17 heavy (non-hydrogen) atoms. The Bertz CT molecular complexity index is 313. The molecule has 2 atom stereocenters. The Morgan fingerprint density at radius 3 is 2.71 bits per heavy atom. The van der Waals surface area contributed by atoms with Gasteiger partial charge in [-0.3, -0.25) is 4.98 Å². The van der Waals surface area contributed by atoms with E-state index in [0.717, 1.165) is 11.8 Å². The fourth-order valence-corrected chi connectivity index (χ4v) is 2.93. The summed E-state index contributed by atoms with van der Waals surface area (Å²) >= 11 is 0. The molecule has 1 aliphatic carbocycles. The van der Waals surface area contributed by atoms with E-state index in [0.29, 0.717) is 0 Å². The van der Waals surface area contributed by atoms with Gasteiger partial charge in [0.1, 0.15) is 0 Å². The average Bonchev–Trinajstić information content (AvgIpc) is 2.30. The number of nitrogens with zero attached hydrogens (tertiary/aromatic N) is 2. The zero-order valence-electron chi connectivity index (χ0n) is 10.8. The number of hydrogen-bond acceptors (Lipinski definition) is 2. The first-order valence-electron chi connectivity index (χ1n) is 6.32. The number of aromatic nitrogens is 1. The van der Waals surface area contributed by atoms with E-state index in [9.17, 15) is 0 Å². The summed E-state index contributed by atoms with van der Waals surface area (Å²) in [7, 11) is 4.35. The molecular formula is C14H23ClN2. The van der Waals surface area contributed by atoms with Crippen LogP contribution in [0.1, 0.15) is 37.2 Å². The Labute approximate surface area is 111 Å². The molecule has 3 heteroatoms. The van der Waals surface area contributed by atoms with Crippen LogP contribution < -0.4 is 0 Å². The molecule has 1 heterocycles. The third-order valence-electron chi connectivity index (χ3n) is 3.62. The van der Waals surface area contributed by atoms with Gasteiger partial charge in [0.15, 0.2) is 0 Å². The van der Waals surface area contributed by atoms with E-state index in [4.69, 9.17) is 0 Å². The Morgan fingerprint density at radius 1 is 1.29 bits per heavy atom. The van der Waals surface area contributed by atoms with Gasteiger partial charge in [0.05, 0.1) is 0 Å². The lowest BCUT2D eigenvalue weighted by Gasteiger charge is -2.33. The summed E-state index contributed by atoms with van der Waals surface area (Å²) in [5.74, 6) is 1.54. The zero-order chi connectivity index (χ0) is 11.4. The van der Waals surface area contributed by atoms with Crippen LogP contribution in [-0.4, -0.2) is 30.5 Å². The highest BCUT2D eigenvalue weighted by atomic mass is 35.5. The summed E-state index contributed by atoms with van der Waals surface area (Å²) in [6, 6.07) is 4.31. The van der Waals surface area contributed by atoms with Crippen molar-refractivity contribution in [2.75, 3.05) is 20.6 Å². The highest BCUT2D eigenvalue weighted by Crippen LogP contribution is 2.37. The van der Waals surface area contributed by atoms with Crippen molar-refractivity contribution in [3.63, 3.8) is 0 Å². The monoisotopic (exact) mass is 254 g/mol. The molecule has 1 aromatic heterocycles. The molecule has 1 aromatic rings. The molecule has 1 saturated carbocycles. The maximum Gasteiger partial charge on any atom is 0.0302 e. The van der Waals surface area contributed by atoms with Gasteiger partial charge in [-0.15, -0.1) is 12.4 Å². The van der Waals surface area contributed by atoms with Gasteiger partial charge in [0, 0.05) is 18.9 Å². The highest BCUT2D eigenvalue weighted by molar-refractivity contribution is 5.85. The van der Waals surface area contributed by atoms with Gasteiger partial charge < -0.3 is 4.90 Å². The van der Waals surface area contributed by atoms with E-state index in [1.807, 2.05) is 6.20 Å². The van der Waals surface area contributed by atoms with Crippen molar-refractivity contribution < 1.29 is 0 Å². The third kappa shape index (κ3) is 3.97. The van der Waals surface area contributed by atoms with Crippen LogP contribution in [0.25, 0.3) is 0 Å². The maximum absolute atomic E-state index is 4.26. The molecule has 1 fully saturated rings. The summed E-state index contributed by atoms with van der Waals surface area (Å²) in [4.78, 5) is 6.58. The van der Waals surface area contributed by atoms with Gasteiger partial charge in [-0.25, -0.2) is 0 Å². The van der Waals surface area contributed by atoms with Crippen LogP contribution >= 0.6 is 12.4 Å². The molecule has 96 valence electrons. The number of hydrogen-bond donors (Lipinski definition) is 0. The molecule has 0 bridgehead atoms.